The summed E-state index contributed by atoms with van der Waals surface area (Å²) in [5.41, 5.74) is 3.41. The normalized spacial score (nSPS) is 14.9. The molecule has 0 spiro atoms. The number of nitrogens with one attached hydrogen (secondary N) is 3. The second-order valence-corrected chi connectivity index (χ2v) is 8.53. The van der Waals surface area contributed by atoms with Gasteiger partial charge in [-0.15, -0.1) is 0 Å². The Labute approximate surface area is 196 Å². The number of amides is 1. The first-order valence-corrected chi connectivity index (χ1v) is 11.3. The van der Waals surface area contributed by atoms with Crippen LogP contribution in [0.1, 0.15) is 12.8 Å². The van der Waals surface area contributed by atoms with Crippen molar-refractivity contribution >= 4 is 40.0 Å². The zero-order valence-electron chi connectivity index (χ0n) is 18.0. The molecule has 8 nitrogen and oxygen atoms in total. The molecule has 3 aromatic heterocycles. The maximum Gasteiger partial charge on any atom is 0.238 e. The molecule has 1 saturated heterocycles. The molecule has 0 saturated carbocycles. The molecule has 9 heteroatoms. The number of benzene rings is 1. The van der Waals surface area contributed by atoms with E-state index in [1.807, 2.05) is 36.5 Å². The van der Waals surface area contributed by atoms with E-state index < -0.39 is 0 Å². The van der Waals surface area contributed by atoms with Crippen LogP contribution in [0.2, 0.25) is 5.02 Å². The summed E-state index contributed by atoms with van der Waals surface area (Å²) in [6, 6.07) is 11.9. The van der Waals surface area contributed by atoms with Crippen molar-refractivity contribution in [3.63, 3.8) is 0 Å². The van der Waals surface area contributed by atoms with Gasteiger partial charge in [-0.2, -0.15) is 0 Å². The van der Waals surface area contributed by atoms with Gasteiger partial charge in [0.25, 0.3) is 0 Å². The lowest BCUT2D eigenvalue weighted by Crippen LogP contribution is -2.42. The molecular weight excluding hydrogens is 438 g/mol. The SMILES string of the molecule is O=C(CN1CCC(Nc2ncc(Cl)c(-c3c[nH]c4ccccc34)n2)CC1)Nc1cccnc1. The van der Waals surface area contributed by atoms with Crippen LogP contribution < -0.4 is 10.6 Å². The van der Waals surface area contributed by atoms with Gasteiger partial charge < -0.3 is 15.6 Å². The lowest BCUT2D eigenvalue weighted by atomic mass is 10.1. The van der Waals surface area contributed by atoms with Crippen LogP contribution in [0.4, 0.5) is 11.6 Å². The first-order chi connectivity index (χ1) is 16.2. The molecule has 1 aromatic carbocycles. The summed E-state index contributed by atoms with van der Waals surface area (Å²) in [4.78, 5) is 30.8. The Morgan fingerprint density at radius 3 is 2.82 bits per heavy atom. The molecule has 4 heterocycles. The minimum absolute atomic E-state index is 0.0289. The molecule has 0 aliphatic carbocycles. The highest BCUT2D eigenvalue weighted by atomic mass is 35.5. The zero-order chi connectivity index (χ0) is 22.6. The number of aromatic amines is 1. The van der Waals surface area contributed by atoms with Crippen molar-refractivity contribution in [3.05, 3.63) is 66.2 Å². The van der Waals surface area contributed by atoms with Crippen molar-refractivity contribution in [1.29, 1.82) is 0 Å². The number of carbonyl (C=O) groups is 1. The highest BCUT2D eigenvalue weighted by Gasteiger charge is 2.22. The number of nitrogens with zero attached hydrogens (tertiary/aromatic N) is 4. The van der Waals surface area contributed by atoms with Crippen LogP contribution >= 0.6 is 11.6 Å². The Morgan fingerprint density at radius 1 is 1.15 bits per heavy atom. The molecule has 3 N–H and O–H groups in total. The number of carbonyl (C=O) groups excluding carboxylic acids is 1. The van der Waals surface area contributed by atoms with Gasteiger partial charge in [-0.25, -0.2) is 9.97 Å². The second-order valence-electron chi connectivity index (χ2n) is 8.12. The molecule has 1 amide bonds. The number of halogens is 1. The van der Waals surface area contributed by atoms with Crippen molar-refractivity contribution in [2.75, 3.05) is 30.3 Å². The van der Waals surface area contributed by atoms with Crippen molar-refractivity contribution in [1.82, 2.24) is 24.8 Å². The number of hydrogen-bond donors (Lipinski definition) is 3. The third-order valence-corrected chi connectivity index (χ3v) is 6.10. The monoisotopic (exact) mass is 461 g/mol. The number of anilines is 2. The molecule has 1 aliphatic rings. The molecule has 0 bridgehead atoms. The quantitative estimate of drug-likeness (QED) is 0.398. The number of pyridine rings is 1. The van der Waals surface area contributed by atoms with Crippen LogP contribution in [0, 0.1) is 0 Å². The van der Waals surface area contributed by atoms with Gasteiger partial charge >= 0.3 is 0 Å². The number of hydrogen-bond acceptors (Lipinski definition) is 6. The van der Waals surface area contributed by atoms with Crippen LogP contribution in [0.15, 0.2) is 61.2 Å². The molecule has 4 aromatic rings. The Bertz CT molecular complexity index is 1250. The average molecular weight is 462 g/mol. The fraction of sp³-hybridized carbons (Fsp3) is 0.250. The third-order valence-electron chi connectivity index (χ3n) is 5.82. The fourth-order valence-corrected chi connectivity index (χ4v) is 4.34. The maximum atomic E-state index is 12.3. The van der Waals surface area contributed by atoms with Gasteiger partial charge in [-0.1, -0.05) is 29.8 Å². The van der Waals surface area contributed by atoms with E-state index in [0.717, 1.165) is 42.4 Å². The molecule has 5 rings (SSSR count). The predicted octanol–water partition coefficient (Wildman–Crippen LogP) is 4.19. The van der Waals surface area contributed by atoms with Crippen molar-refractivity contribution < 1.29 is 4.79 Å². The van der Waals surface area contributed by atoms with Crippen LogP contribution in [0.25, 0.3) is 22.2 Å². The van der Waals surface area contributed by atoms with Gasteiger partial charge in [0.15, 0.2) is 0 Å². The number of para-hydroxylation sites is 1. The molecule has 33 heavy (non-hydrogen) atoms. The number of piperidine rings is 1. The van der Waals surface area contributed by atoms with Crippen LogP contribution in [-0.4, -0.2) is 56.4 Å². The Kier molecular flexibility index (Phi) is 6.19. The van der Waals surface area contributed by atoms with Crippen molar-refractivity contribution in [3.8, 4) is 11.3 Å². The van der Waals surface area contributed by atoms with E-state index >= 15 is 0 Å². The van der Waals surface area contributed by atoms with E-state index in [1.54, 1.807) is 24.7 Å². The van der Waals surface area contributed by atoms with E-state index in [2.05, 4.69) is 30.5 Å². The molecule has 1 aliphatic heterocycles. The number of fused-ring (bicyclic) bond motifs is 1. The van der Waals surface area contributed by atoms with E-state index in [-0.39, 0.29) is 11.9 Å². The zero-order valence-corrected chi connectivity index (χ0v) is 18.7. The van der Waals surface area contributed by atoms with Gasteiger partial charge in [0, 0.05) is 48.0 Å². The predicted molar refractivity (Wildman–Crippen MR) is 130 cm³/mol. The summed E-state index contributed by atoms with van der Waals surface area (Å²) >= 11 is 6.44. The van der Waals surface area contributed by atoms with E-state index in [0.29, 0.717) is 28.9 Å². The molecule has 168 valence electrons. The smallest absolute Gasteiger partial charge is 0.238 e. The van der Waals surface area contributed by atoms with Gasteiger partial charge in [0.1, 0.15) is 0 Å². The van der Waals surface area contributed by atoms with Gasteiger partial charge in [0.2, 0.25) is 11.9 Å². The number of H-pyrrole nitrogens is 1. The molecule has 0 atom stereocenters. The largest absolute Gasteiger partial charge is 0.360 e. The third kappa shape index (κ3) is 4.97. The average Bonchev–Trinajstić information content (AvgIpc) is 3.26. The lowest BCUT2D eigenvalue weighted by Gasteiger charge is -2.31. The Hall–Kier alpha value is -3.49. The molecule has 1 fully saturated rings. The number of likely N-dealkylation sites (tertiary alicyclic amines) is 1. The molecule has 0 radical (unpaired) electrons. The Balaban J connectivity index is 1.19. The highest BCUT2D eigenvalue weighted by molar-refractivity contribution is 6.33. The van der Waals surface area contributed by atoms with Crippen LogP contribution in [0.3, 0.4) is 0 Å². The molecular formula is C24H24ClN7O. The van der Waals surface area contributed by atoms with Crippen molar-refractivity contribution in [2.45, 2.75) is 18.9 Å². The first kappa shape index (κ1) is 21.4. The minimum Gasteiger partial charge on any atom is -0.360 e. The molecule has 0 unspecified atom stereocenters. The minimum atomic E-state index is -0.0289. The number of rotatable bonds is 6. The Morgan fingerprint density at radius 2 is 2.00 bits per heavy atom. The maximum absolute atomic E-state index is 12.3. The topological polar surface area (TPSA) is 98.8 Å². The standard InChI is InChI=1S/C24H24ClN7O/c25-20-14-28-24(31-23(20)19-13-27-21-6-2-1-5-18(19)21)30-16-7-10-32(11-8-16)15-22(33)29-17-4-3-9-26-12-17/h1-6,9,12-14,16,27H,7-8,10-11,15H2,(H,29,33)(H,28,30,31). The number of aromatic nitrogens is 4. The highest BCUT2D eigenvalue weighted by Crippen LogP contribution is 2.32. The summed E-state index contributed by atoms with van der Waals surface area (Å²) in [5, 5.41) is 7.91. The summed E-state index contributed by atoms with van der Waals surface area (Å²) in [5.74, 6) is 0.534. The van der Waals surface area contributed by atoms with Crippen LogP contribution in [-0.2, 0) is 4.79 Å². The van der Waals surface area contributed by atoms with Gasteiger partial charge in [-0.05, 0) is 31.0 Å². The second kappa shape index (κ2) is 9.56. The van der Waals surface area contributed by atoms with Gasteiger partial charge in [-0.3, -0.25) is 14.7 Å². The summed E-state index contributed by atoms with van der Waals surface area (Å²) in [6.45, 7) is 2.01. The summed E-state index contributed by atoms with van der Waals surface area (Å²) < 4.78 is 0. The van der Waals surface area contributed by atoms with Crippen LogP contribution in [0.5, 0.6) is 0 Å². The fourth-order valence-electron chi connectivity index (χ4n) is 4.15. The summed E-state index contributed by atoms with van der Waals surface area (Å²) in [7, 11) is 0. The van der Waals surface area contributed by atoms with Crippen molar-refractivity contribution in [2.24, 2.45) is 0 Å². The van der Waals surface area contributed by atoms with Gasteiger partial charge in [0.05, 0.1) is 35.3 Å². The lowest BCUT2D eigenvalue weighted by molar-refractivity contribution is -0.117. The van der Waals surface area contributed by atoms with E-state index in [1.165, 1.54) is 0 Å². The first-order valence-electron chi connectivity index (χ1n) is 10.9. The summed E-state index contributed by atoms with van der Waals surface area (Å²) in [6.07, 6.45) is 8.69. The van der Waals surface area contributed by atoms with E-state index in [9.17, 15) is 4.79 Å². The van der Waals surface area contributed by atoms with E-state index in [4.69, 9.17) is 16.6 Å².